The number of hydrogen-bond donors (Lipinski definition) is 1. The number of carbonyl (C=O) groups is 1. The second kappa shape index (κ2) is 6.61. The van der Waals surface area contributed by atoms with Crippen LogP contribution in [0.3, 0.4) is 0 Å². The molecule has 6 nitrogen and oxygen atoms in total. The van der Waals surface area contributed by atoms with Gasteiger partial charge in [-0.2, -0.15) is 4.31 Å². The molecule has 1 fully saturated rings. The van der Waals surface area contributed by atoms with Crippen molar-refractivity contribution < 1.29 is 27.4 Å². The number of fused-ring (bicyclic) bond motifs is 2. The lowest BCUT2D eigenvalue weighted by atomic mass is 9.76. The van der Waals surface area contributed by atoms with Gasteiger partial charge in [-0.25, -0.2) is 17.6 Å². The number of hydrogen-bond acceptors (Lipinski definition) is 4. The smallest absolute Gasteiger partial charge is 0.341 e. The number of aliphatic carboxylic acids is 1. The molecule has 2 bridgehead atoms. The van der Waals surface area contributed by atoms with Gasteiger partial charge >= 0.3 is 5.97 Å². The molecule has 1 saturated heterocycles. The Balaban J connectivity index is 1.65. The Morgan fingerprint density at radius 1 is 1.19 bits per heavy atom. The van der Waals surface area contributed by atoms with Crippen molar-refractivity contribution in [2.24, 2.45) is 0 Å². The van der Waals surface area contributed by atoms with Gasteiger partial charge in [0.15, 0.2) is 18.2 Å². The SMILES string of the molecule is O=C(O)COc1ccc(S(=O)(=O)N2C[C@H]3CC[C@H]2c2ccccc23)cc1F. The van der Waals surface area contributed by atoms with Gasteiger partial charge in [0.25, 0.3) is 0 Å². The molecule has 0 unspecified atom stereocenters. The minimum Gasteiger partial charge on any atom is -0.479 e. The standard InChI is InChI=1S/C19H18FNO5S/c20-16-9-13(6-8-18(16)26-11-19(22)23)27(24,25)21-10-12-5-7-17(21)15-4-2-1-3-14(12)15/h1-4,6,8-9,12,17H,5,7,10-11H2,(H,22,23)/t12-,17+/m1/s1. The molecule has 2 aromatic carbocycles. The Morgan fingerprint density at radius 2 is 1.93 bits per heavy atom. The minimum absolute atomic E-state index is 0.143. The fourth-order valence-electron chi connectivity index (χ4n) is 3.99. The normalized spacial score (nSPS) is 21.7. The molecule has 0 radical (unpaired) electrons. The summed E-state index contributed by atoms with van der Waals surface area (Å²) >= 11 is 0. The quantitative estimate of drug-likeness (QED) is 0.847. The first-order valence-electron chi connectivity index (χ1n) is 8.63. The molecular weight excluding hydrogens is 373 g/mol. The summed E-state index contributed by atoms with van der Waals surface area (Å²) in [6.07, 6.45) is 1.67. The Labute approximate surface area is 156 Å². The number of sulfonamides is 1. The number of halogens is 1. The van der Waals surface area contributed by atoms with Crippen LogP contribution in [0.25, 0.3) is 0 Å². The van der Waals surface area contributed by atoms with Crippen molar-refractivity contribution >= 4 is 16.0 Å². The van der Waals surface area contributed by atoms with Crippen molar-refractivity contribution in [3.05, 3.63) is 59.4 Å². The van der Waals surface area contributed by atoms with E-state index in [0.29, 0.717) is 6.54 Å². The summed E-state index contributed by atoms with van der Waals surface area (Å²) in [5, 5.41) is 8.61. The van der Waals surface area contributed by atoms with Crippen LogP contribution in [-0.4, -0.2) is 37.0 Å². The summed E-state index contributed by atoms with van der Waals surface area (Å²) in [6.45, 7) is -0.321. The van der Waals surface area contributed by atoms with Crippen LogP contribution < -0.4 is 4.74 Å². The zero-order valence-corrected chi connectivity index (χ0v) is 15.2. The average Bonchev–Trinajstić information content (AvgIpc) is 2.67. The maximum atomic E-state index is 14.2. The van der Waals surface area contributed by atoms with Crippen molar-refractivity contribution in [3.63, 3.8) is 0 Å². The zero-order chi connectivity index (χ0) is 19.2. The van der Waals surface area contributed by atoms with Gasteiger partial charge in [-0.15, -0.1) is 0 Å². The molecule has 5 rings (SSSR count). The van der Waals surface area contributed by atoms with Crippen LogP contribution in [0.4, 0.5) is 4.39 Å². The number of piperidine rings is 1. The molecule has 2 aliphatic heterocycles. The van der Waals surface area contributed by atoms with Gasteiger partial charge in [0.05, 0.1) is 10.9 Å². The first-order valence-corrected chi connectivity index (χ1v) is 10.1. The number of nitrogens with zero attached hydrogens (tertiary/aromatic N) is 1. The Bertz CT molecular complexity index is 1010. The predicted octanol–water partition coefficient (Wildman–Crippen LogP) is 2.91. The number of ether oxygens (including phenoxy) is 1. The number of benzene rings is 2. The number of carboxylic acids is 1. The molecule has 0 amide bonds. The van der Waals surface area contributed by atoms with E-state index in [4.69, 9.17) is 9.84 Å². The lowest BCUT2D eigenvalue weighted by molar-refractivity contribution is -0.139. The largest absolute Gasteiger partial charge is 0.479 e. The zero-order valence-electron chi connectivity index (χ0n) is 14.3. The first-order chi connectivity index (χ1) is 12.9. The maximum absolute atomic E-state index is 14.2. The summed E-state index contributed by atoms with van der Waals surface area (Å²) < 4.78 is 46.8. The highest BCUT2D eigenvalue weighted by Gasteiger charge is 2.43. The molecule has 0 saturated carbocycles. The molecule has 1 N–H and O–H groups in total. The molecule has 3 aliphatic rings. The van der Waals surface area contributed by atoms with E-state index in [-0.39, 0.29) is 22.6 Å². The van der Waals surface area contributed by atoms with Crippen LogP contribution in [0.2, 0.25) is 0 Å². The summed E-state index contributed by atoms with van der Waals surface area (Å²) in [6, 6.07) is 10.9. The summed E-state index contributed by atoms with van der Waals surface area (Å²) in [5.74, 6) is -2.29. The highest BCUT2D eigenvalue weighted by Crippen LogP contribution is 2.48. The van der Waals surface area contributed by atoms with E-state index in [1.807, 2.05) is 24.3 Å². The second-order valence-electron chi connectivity index (χ2n) is 6.77. The van der Waals surface area contributed by atoms with E-state index >= 15 is 0 Å². The van der Waals surface area contributed by atoms with Crippen LogP contribution in [0.5, 0.6) is 5.75 Å². The lowest BCUT2D eigenvalue weighted by Crippen LogP contribution is -2.45. The van der Waals surface area contributed by atoms with Gasteiger partial charge in [0.2, 0.25) is 10.0 Å². The van der Waals surface area contributed by atoms with Crippen molar-refractivity contribution in [2.75, 3.05) is 13.2 Å². The van der Waals surface area contributed by atoms with E-state index in [0.717, 1.165) is 30.5 Å². The van der Waals surface area contributed by atoms with Gasteiger partial charge in [-0.1, -0.05) is 24.3 Å². The molecule has 2 atom stereocenters. The Morgan fingerprint density at radius 3 is 2.63 bits per heavy atom. The highest BCUT2D eigenvalue weighted by atomic mass is 32.2. The van der Waals surface area contributed by atoms with Crippen molar-refractivity contribution in [2.45, 2.75) is 29.7 Å². The van der Waals surface area contributed by atoms with Crippen molar-refractivity contribution in [1.29, 1.82) is 0 Å². The molecule has 2 aromatic rings. The van der Waals surface area contributed by atoms with Crippen LogP contribution in [-0.2, 0) is 14.8 Å². The number of rotatable bonds is 5. The van der Waals surface area contributed by atoms with Gasteiger partial charge in [-0.3, -0.25) is 0 Å². The van der Waals surface area contributed by atoms with Gasteiger partial charge in [0.1, 0.15) is 0 Å². The fraction of sp³-hybridized carbons (Fsp3) is 0.316. The molecule has 1 aliphatic carbocycles. The van der Waals surface area contributed by atoms with Crippen LogP contribution in [0.1, 0.15) is 35.9 Å². The third-order valence-electron chi connectivity index (χ3n) is 5.19. The predicted molar refractivity (Wildman–Crippen MR) is 94.6 cm³/mol. The third-order valence-corrected chi connectivity index (χ3v) is 7.06. The average molecular weight is 391 g/mol. The van der Waals surface area contributed by atoms with Crippen LogP contribution >= 0.6 is 0 Å². The van der Waals surface area contributed by atoms with Crippen molar-refractivity contribution in [3.8, 4) is 5.75 Å². The van der Waals surface area contributed by atoms with Gasteiger partial charge < -0.3 is 9.84 Å². The van der Waals surface area contributed by atoms with E-state index in [9.17, 15) is 17.6 Å². The van der Waals surface area contributed by atoms with Crippen LogP contribution in [0, 0.1) is 5.82 Å². The fourth-order valence-corrected chi connectivity index (χ4v) is 5.68. The molecule has 0 spiro atoms. The molecule has 0 aromatic heterocycles. The third kappa shape index (κ3) is 3.08. The monoisotopic (exact) mass is 391 g/mol. The summed E-state index contributed by atoms with van der Waals surface area (Å²) in [5.41, 5.74) is 2.22. The highest BCUT2D eigenvalue weighted by molar-refractivity contribution is 7.89. The molecule has 142 valence electrons. The molecular formula is C19H18FNO5S. The molecule has 27 heavy (non-hydrogen) atoms. The van der Waals surface area contributed by atoms with E-state index in [1.54, 1.807) is 0 Å². The second-order valence-corrected chi connectivity index (χ2v) is 8.66. The van der Waals surface area contributed by atoms with E-state index in [2.05, 4.69) is 0 Å². The summed E-state index contributed by atoms with van der Waals surface area (Å²) in [7, 11) is -3.88. The Kier molecular flexibility index (Phi) is 4.39. The first kappa shape index (κ1) is 17.9. The van der Waals surface area contributed by atoms with E-state index in [1.165, 1.54) is 15.9 Å². The van der Waals surface area contributed by atoms with Gasteiger partial charge in [0, 0.05) is 6.54 Å². The topological polar surface area (TPSA) is 83.9 Å². The maximum Gasteiger partial charge on any atom is 0.341 e. The minimum atomic E-state index is -3.88. The Hall–Kier alpha value is -2.45. The van der Waals surface area contributed by atoms with Crippen LogP contribution in [0.15, 0.2) is 47.4 Å². The molecule has 2 heterocycles. The number of carboxylic acid groups (broad SMARTS) is 1. The molecule has 8 heteroatoms. The van der Waals surface area contributed by atoms with E-state index < -0.39 is 28.4 Å². The lowest BCUT2D eigenvalue weighted by Gasteiger charge is -2.45. The van der Waals surface area contributed by atoms with Gasteiger partial charge in [-0.05, 0) is 48.1 Å². The summed E-state index contributed by atoms with van der Waals surface area (Å²) in [4.78, 5) is 10.4. The van der Waals surface area contributed by atoms with Crippen molar-refractivity contribution in [1.82, 2.24) is 4.31 Å².